The number of halogens is 1. The molecule has 158 valence electrons. The fourth-order valence-corrected chi connectivity index (χ4v) is 4.69. The van der Waals surface area contributed by atoms with Crippen molar-refractivity contribution >= 4 is 18.3 Å². The van der Waals surface area contributed by atoms with Crippen LogP contribution in [-0.2, 0) is 18.3 Å². The average molecular weight is 419 g/mol. The van der Waals surface area contributed by atoms with E-state index in [-0.39, 0.29) is 24.2 Å². The van der Waals surface area contributed by atoms with E-state index in [1.54, 1.807) is 7.11 Å². The molecule has 2 aliphatic rings. The number of rotatable bonds is 5. The molecule has 1 N–H and O–H groups in total. The summed E-state index contributed by atoms with van der Waals surface area (Å²) in [7, 11) is 3.66. The number of ether oxygens (including phenoxy) is 1. The Hall–Kier alpha value is -2.05. The van der Waals surface area contributed by atoms with Gasteiger partial charge in [-0.05, 0) is 42.4 Å². The van der Waals surface area contributed by atoms with Crippen molar-refractivity contribution in [3.63, 3.8) is 0 Å². The molecule has 1 aromatic carbocycles. The molecule has 4 rings (SSSR count). The summed E-state index contributed by atoms with van der Waals surface area (Å²) >= 11 is 0. The molecule has 0 radical (unpaired) electrons. The third-order valence-corrected chi connectivity index (χ3v) is 6.31. The number of likely N-dealkylation sites (tertiary alicyclic amines) is 1. The highest BCUT2D eigenvalue weighted by Gasteiger charge is 2.38. The molecule has 2 aromatic rings. The molecule has 0 saturated carbocycles. The van der Waals surface area contributed by atoms with Crippen molar-refractivity contribution in [2.24, 2.45) is 18.9 Å². The number of hydrogen-bond acceptors (Lipinski definition) is 4. The first-order chi connectivity index (χ1) is 13.7. The van der Waals surface area contributed by atoms with Crippen LogP contribution in [0, 0.1) is 11.8 Å². The number of hydrogen-bond donors (Lipinski definition) is 1. The van der Waals surface area contributed by atoms with Crippen molar-refractivity contribution in [1.29, 1.82) is 0 Å². The van der Waals surface area contributed by atoms with Gasteiger partial charge in [0.2, 0.25) is 5.91 Å². The summed E-state index contributed by atoms with van der Waals surface area (Å²) in [6.45, 7) is 3.33. The van der Waals surface area contributed by atoms with Gasteiger partial charge in [0.15, 0.2) is 0 Å². The van der Waals surface area contributed by atoms with Gasteiger partial charge in [-0.15, -0.1) is 12.4 Å². The van der Waals surface area contributed by atoms with Crippen LogP contribution in [0.4, 0.5) is 0 Å². The summed E-state index contributed by atoms with van der Waals surface area (Å²) in [6, 6.07) is 8.26. The minimum absolute atomic E-state index is 0. The molecule has 29 heavy (non-hydrogen) atoms. The molecule has 0 aliphatic carbocycles. The number of nitrogens with zero attached hydrogens (tertiary/aromatic N) is 3. The Morgan fingerprint density at radius 1 is 1.24 bits per heavy atom. The minimum atomic E-state index is 0. The number of aromatic nitrogens is 2. The maximum Gasteiger partial charge on any atom is 0.227 e. The molecule has 1 aromatic heterocycles. The molecular weight excluding hydrogens is 388 g/mol. The van der Waals surface area contributed by atoms with E-state index in [1.807, 2.05) is 36.3 Å². The first kappa shape index (κ1) is 21.7. The zero-order valence-corrected chi connectivity index (χ0v) is 18.0. The van der Waals surface area contributed by atoms with Gasteiger partial charge >= 0.3 is 0 Å². The zero-order valence-electron chi connectivity index (χ0n) is 17.2. The van der Waals surface area contributed by atoms with Crippen molar-refractivity contribution in [2.45, 2.75) is 25.2 Å². The Morgan fingerprint density at radius 3 is 2.69 bits per heavy atom. The molecule has 0 bridgehead atoms. The van der Waals surface area contributed by atoms with Crippen molar-refractivity contribution in [1.82, 2.24) is 20.0 Å². The van der Waals surface area contributed by atoms with Gasteiger partial charge in [-0.25, -0.2) is 0 Å². The molecule has 7 heteroatoms. The van der Waals surface area contributed by atoms with Crippen LogP contribution in [0.15, 0.2) is 36.7 Å². The zero-order chi connectivity index (χ0) is 19.5. The van der Waals surface area contributed by atoms with Crippen LogP contribution < -0.4 is 10.1 Å². The molecular formula is C22H31ClN4O2. The second-order valence-electron chi connectivity index (χ2n) is 8.10. The molecule has 2 atom stereocenters. The number of methoxy groups -OCH3 is 1. The number of carbonyl (C=O) groups excluding carboxylic acids is 1. The Morgan fingerprint density at radius 2 is 2.00 bits per heavy atom. The van der Waals surface area contributed by atoms with Crippen LogP contribution in [0.5, 0.6) is 5.75 Å². The van der Waals surface area contributed by atoms with Gasteiger partial charge in [0, 0.05) is 45.3 Å². The average Bonchev–Trinajstić information content (AvgIpc) is 3.37. The standard InChI is InChI=1S/C22H30N4O2.ClH/c1-25-15-18(12-24-25)19-13-23-14-20(19)22(27)26-9-7-16(8-10-26)11-17-5-3-4-6-21(17)28-2;/h3-6,12,15-16,19-20,23H,7-11,13-14H2,1-2H3;1H/t19-,20+;/m1./s1. The molecule has 2 fully saturated rings. The molecule has 0 spiro atoms. The monoisotopic (exact) mass is 418 g/mol. The van der Waals surface area contributed by atoms with E-state index in [4.69, 9.17) is 4.74 Å². The molecule has 1 amide bonds. The van der Waals surface area contributed by atoms with E-state index in [9.17, 15) is 4.79 Å². The van der Waals surface area contributed by atoms with Gasteiger partial charge in [-0.3, -0.25) is 9.48 Å². The van der Waals surface area contributed by atoms with Gasteiger partial charge in [0.1, 0.15) is 5.75 Å². The van der Waals surface area contributed by atoms with Crippen molar-refractivity contribution in [2.75, 3.05) is 33.3 Å². The van der Waals surface area contributed by atoms with Crippen LogP contribution in [0.1, 0.15) is 29.9 Å². The predicted octanol–water partition coefficient (Wildman–Crippen LogP) is 2.63. The number of nitrogens with one attached hydrogen (secondary N) is 1. The molecule has 2 saturated heterocycles. The van der Waals surface area contributed by atoms with Gasteiger partial charge in [-0.1, -0.05) is 18.2 Å². The number of para-hydroxylation sites is 1. The second kappa shape index (κ2) is 9.63. The minimum Gasteiger partial charge on any atom is -0.496 e. The van der Waals surface area contributed by atoms with Crippen LogP contribution >= 0.6 is 12.4 Å². The van der Waals surface area contributed by atoms with E-state index in [0.717, 1.165) is 56.8 Å². The van der Waals surface area contributed by atoms with E-state index in [2.05, 4.69) is 27.4 Å². The topological polar surface area (TPSA) is 59.4 Å². The number of benzene rings is 1. The smallest absolute Gasteiger partial charge is 0.227 e. The summed E-state index contributed by atoms with van der Waals surface area (Å²) < 4.78 is 7.31. The lowest BCUT2D eigenvalue weighted by Gasteiger charge is -2.34. The number of piperidine rings is 1. The van der Waals surface area contributed by atoms with Gasteiger partial charge in [-0.2, -0.15) is 5.10 Å². The Labute approximate surface area is 179 Å². The molecule has 3 heterocycles. The largest absolute Gasteiger partial charge is 0.496 e. The third kappa shape index (κ3) is 4.75. The predicted molar refractivity (Wildman–Crippen MR) is 116 cm³/mol. The lowest BCUT2D eigenvalue weighted by atomic mass is 9.87. The van der Waals surface area contributed by atoms with Crippen molar-refractivity contribution in [3.05, 3.63) is 47.8 Å². The van der Waals surface area contributed by atoms with E-state index in [0.29, 0.717) is 11.8 Å². The number of aryl methyl sites for hydroxylation is 1. The lowest BCUT2D eigenvalue weighted by Crippen LogP contribution is -2.43. The van der Waals surface area contributed by atoms with Gasteiger partial charge < -0.3 is 15.0 Å². The normalized spacial score (nSPS) is 22.3. The van der Waals surface area contributed by atoms with Gasteiger partial charge in [0.25, 0.3) is 0 Å². The Kier molecular flexibility index (Phi) is 7.19. The summed E-state index contributed by atoms with van der Waals surface area (Å²) in [6.07, 6.45) is 7.08. The van der Waals surface area contributed by atoms with E-state index < -0.39 is 0 Å². The fraction of sp³-hybridized carbons (Fsp3) is 0.545. The highest BCUT2D eigenvalue weighted by Crippen LogP contribution is 2.32. The fourth-order valence-electron chi connectivity index (χ4n) is 4.69. The Bertz CT molecular complexity index is 817. The van der Waals surface area contributed by atoms with Crippen LogP contribution in [0.25, 0.3) is 0 Å². The highest BCUT2D eigenvalue weighted by atomic mass is 35.5. The highest BCUT2D eigenvalue weighted by molar-refractivity contribution is 5.85. The van der Waals surface area contributed by atoms with Crippen molar-refractivity contribution in [3.8, 4) is 5.75 Å². The van der Waals surface area contributed by atoms with Crippen LogP contribution in [-0.4, -0.2) is 53.9 Å². The molecule has 2 aliphatic heterocycles. The summed E-state index contributed by atoms with van der Waals surface area (Å²) in [5.74, 6) is 2.13. The summed E-state index contributed by atoms with van der Waals surface area (Å²) in [4.78, 5) is 15.3. The number of carbonyl (C=O) groups is 1. The van der Waals surface area contributed by atoms with Gasteiger partial charge in [0.05, 0.1) is 19.2 Å². The Balaban J connectivity index is 0.00000240. The maximum absolute atomic E-state index is 13.2. The van der Waals surface area contributed by atoms with Crippen molar-refractivity contribution < 1.29 is 9.53 Å². The molecule has 0 unspecified atom stereocenters. The third-order valence-electron chi connectivity index (χ3n) is 6.31. The van der Waals surface area contributed by atoms with E-state index in [1.165, 1.54) is 5.56 Å². The molecule has 6 nitrogen and oxygen atoms in total. The quantitative estimate of drug-likeness (QED) is 0.810. The number of amides is 1. The first-order valence-electron chi connectivity index (χ1n) is 10.3. The summed E-state index contributed by atoms with van der Waals surface area (Å²) in [5.41, 5.74) is 2.43. The second-order valence-corrected chi connectivity index (χ2v) is 8.10. The lowest BCUT2D eigenvalue weighted by molar-refractivity contribution is -0.136. The van der Waals surface area contributed by atoms with Crippen LogP contribution in [0.2, 0.25) is 0 Å². The summed E-state index contributed by atoms with van der Waals surface area (Å²) in [5, 5.41) is 7.69. The maximum atomic E-state index is 13.2. The SMILES string of the molecule is COc1ccccc1CC1CCN(C(=O)[C@H]2CNC[C@@H]2c2cnn(C)c2)CC1.Cl. The van der Waals surface area contributed by atoms with E-state index >= 15 is 0 Å². The first-order valence-corrected chi connectivity index (χ1v) is 10.3. The van der Waals surface area contributed by atoms with Crippen LogP contribution in [0.3, 0.4) is 0 Å².